The van der Waals surface area contributed by atoms with Crippen molar-refractivity contribution in [2.45, 2.75) is 33.2 Å². The molecular weight excluding hydrogens is 344 g/mol. The van der Waals surface area contributed by atoms with Gasteiger partial charge in [-0.15, -0.1) is 11.3 Å². The molecule has 6 heteroatoms. The highest BCUT2D eigenvalue weighted by Crippen LogP contribution is 2.18. The van der Waals surface area contributed by atoms with E-state index < -0.39 is 0 Å². The number of nitrogens with zero attached hydrogens (tertiary/aromatic N) is 2. The van der Waals surface area contributed by atoms with Gasteiger partial charge >= 0.3 is 0 Å². The van der Waals surface area contributed by atoms with Gasteiger partial charge in [-0.05, 0) is 26.3 Å². The highest BCUT2D eigenvalue weighted by atomic mass is 32.1. The lowest BCUT2D eigenvalue weighted by Gasteiger charge is -2.12. The summed E-state index contributed by atoms with van der Waals surface area (Å²) in [5, 5.41) is 9.97. The smallest absolute Gasteiger partial charge is 0.191 e. The van der Waals surface area contributed by atoms with Crippen LogP contribution < -0.4 is 15.4 Å². The number of aryl methyl sites for hydroxylation is 2. The predicted octanol–water partition coefficient (Wildman–Crippen LogP) is 3.70. The molecule has 0 radical (unpaired) electrons. The first kappa shape index (κ1) is 20.0. The van der Waals surface area contributed by atoms with Crippen molar-refractivity contribution in [1.82, 2.24) is 15.6 Å². The van der Waals surface area contributed by atoms with E-state index in [9.17, 15) is 0 Å². The van der Waals surface area contributed by atoms with E-state index in [1.165, 1.54) is 5.01 Å². The van der Waals surface area contributed by atoms with Crippen molar-refractivity contribution >= 4 is 17.3 Å². The summed E-state index contributed by atoms with van der Waals surface area (Å²) in [6.45, 7) is 10.5. The third-order valence-corrected chi connectivity index (χ3v) is 4.63. The van der Waals surface area contributed by atoms with Crippen LogP contribution in [0.3, 0.4) is 0 Å². The maximum Gasteiger partial charge on any atom is 0.191 e. The molecule has 0 spiro atoms. The molecular formula is C20H28N4OS. The van der Waals surface area contributed by atoms with Gasteiger partial charge in [0, 0.05) is 36.1 Å². The van der Waals surface area contributed by atoms with Crippen LogP contribution in [0.2, 0.25) is 0 Å². The molecule has 0 aliphatic rings. The Bertz CT molecular complexity index is 711. The van der Waals surface area contributed by atoms with Gasteiger partial charge in [-0.3, -0.25) is 0 Å². The van der Waals surface area contributed by atoms with Gasteiger partial charge in [0.2, 0.25) is 0 Å². The largest absolute Gasteiger partial charge is 0.489 e. The maximum atomic E-state index is 5.69. The monoisotopic (exact) mass is 372 g/mol. The van der Waals surface area contributed by atoms with Crippen molar-refractivity contribution in [3.05, 3.63) is 58.6 Å². The lowest BCUT2D eigenvalue weighted by molar-refractivity contribution is 0.359. The minimum Gasteiger partial charge on any atom is -0.489 e. The van der Waals surface area contributed by atoms with Crippen LogP contribution in [0.15, 0.2) is 47.3 Å². The Labute approximate surface area is 160 Å². The third-order valence-electron chi connectivity index (χ3n) is 3.61. The summed E-state index contributed by atoms with van der Waals surface area (Å²) in [6.07, 6.45) is 3.76. The SMILES string of the molecule is C=CCOc1ccccc1CN=C(NCC)NCCCc1nc(C)cs1. The van der Waals surface area contributed by atoms with E-state index in [-0.39, 0.29) is 0 Å². The number of hydrogen-bond acceptors (Lipinski definition) is 4. The summed E-state index contributed by atoms with van der Waals surface area (Å²) < 4.78 is 5.69. The van der Waals surface area contributed by atoms with Crippen molar-refractivity contribution in [2.24, 2.45) is 4.99 Å². The number of guanidine groups is 1. The first-order valence-electron chi connectivity index (χ1n) is 8.97. The fraction of sp³-hybridized carbons (Fsp3) is 0.400. The Hall–Kier alpha value is -2.34. The van der Waals surface area contributed by atoms with Gasteiger partial charge in [0.25, 0.3) is 0 Å². The summed E-state index contributed by atoms with van der Waals surface area (Å²) in [5.74, 6) is 1.67. The molecule has 26 heavy (non-hydrogen) atoms. The molecule has 1 aromatic carbocycles. The minimum atomic E-state index is 0.495. The van der Waals surface area contributed by atoms with E-state index in [0.717, 1.165) is 48.9 Å². The summed E-state index contributed by atoms with van der Waals surface area (Å²) in [6, 6.07) is 7.97. The topological polar surface area (TPSA) is 58.5 Å². The molecule has 1 heterocycles. The van der Waals surface area contributed by atoms with E-state index in [1.807, 2.05) is 31.2 Å². The Morgan fingerprint density at radius 1 is 1.35 bits per heavy atom. The third kappa shape index (κ3) is 6.88. The number of rotatable bonds is 10. The molecule has 0 aliphatic heterocycles. The molecule has 1 aromatic heterocycles. The van der Waals surface area contributed by atoms with Crippen LogP contribution in [0.25, 0.3) is 0 Å². The fourth-order valence-electron chi connectivity index (χ4n) is 2.39. The molecule has 0 atom stereocenters. The molecule has 0 saturated heterocycles. The standard InChI is InChI=1S/C20H28N4OS/c1-4-13-25-18-10-7-6-9-17(18)14-23-20(21-5-2)22-12-8-11-19-24-16(3)15-26-19/h4,6-7,9-10,15H,1,5,8,11-14H2,2-3H3,(H2,21,22,23). The van der Waals surface area contributed by atoms with Gasteiger partial charge in [0.15, 0.2) is 5.96 Å². The van der Waals surface area contributed by atoms with Gasteiger partial charge in [-0.25, -0.2) is 9.98 Å². The number of benzene rings is 1. The zero-order valence-electron chi connectivity index (χ0n) is 15.6. The molecule has 0 unspecified atom stereocenters. The maximum absolute atomic E-state index is 5.69. The van der Waals surface area contributed by atoms with Gasteiger partial charge in [0.05, 0.1) is 11.6 Å². The molecule has 0 amide bonds. The average Bonchev–Trinajstić information content (AvgIpc) is 3.07. The van der Waals surface area contributed by atoms with Gasteiger partial charge in [0.1, 0.15) is 12.4 Å². The summed E-state index contributed by atoms with van der Waals surface area (Å²) in [5.41, 5.74) is 2.16. The Morgan fingerprint density at radius 3 is 2.92 bits per heavy atom. The molecule has 0 bridgehead atoms. The van der Waals surface area contributed by atoms with Crippen molar-refractivity contribution in [3.8, 4) is 5.75 Å². The first-order chi connectivity index (χ1) is 12.7. The molecule has 2 rings (SSSR count). The van der Waals surface area contributed by atoms with Crippen molar-refractivity contribution in [2.75, 3.05) is 19.7 Å². The second-order valence-electron chi connectivity index (χ2n) is 5.82. The average molecular weight is 373 g/mol. The van der Waals surface area contributed by atoms with Crippen LogP contribution in [0.5, 0.6) is 5.75 Å². The Morgan fingerprint density at radius 2 is 2.19 bits per heavy atom. The number of aromatic nitrogens is 1. The quantitative estimate of drug-likeness (QED) is 0.289. The zero-order valence-corrected chi connectivity index (χ0v) is 16.4. The lowest BCUT2D eigenvalue weighted by atomic mass is 10.2. The molecule has 0 saturated carbocycles. The zero-order chi connectivity index (χ0) is 18.6. The number of hydrogen-bond donors (Lipinski definition) is 2. The number of aliphatic imine (C=N–C) groups is 1. The number of thiazole rings is 1. The van der Waals surface area contributed by atoms with E-state index in [4.69, 9.17) is 4.74 Å². The van der Waals surface area contributed by atoms with Crippen molar-refractivity contribution < 1.29 is 4.74 Å². The van der Waals surface area contributed by atoms with Crippen LogP contribution in [0, 0.1) is 6.92 Å². The second kappa shape index (κ2) is 11.3. The predicted molar refractivity (Wildman–Crippen MR) is 110 cm³/mol. The first-order valence-corrected chi connectivity index (χ1v) is 9.85. The fourth-order valence-corrected chi connectivity index (χ4v) is 3.21. The summed E-state index contributed by atoms with van der Waals surface area (Å²) >= 11 is 1.73. The van der Waals surface area contributed by atoms with Crippen LogP contribution >= 0.6 is 11.3 Å². The number of ether oxygens (including phenoxy) is 1. The van der Waals surface area contributed by atoms with Crippen LogP contribution in [0.1, 0.15) is 29.6 Å². The van der Waals surface area contributed by atoms with E-state index in [0.29, 0.717) is 13.2 Å². The van der Waals surface area contributed by atoms with E-state index in [2.05, 4.69) is 39.5 Å². The molecule has 2 N–H and O–H groups in total. The Kier molecular flexibility index (Phi) is 8.69. The molecule has 0 aliphatic carbocycles. The van der Waals surface area contributed by atoms with Crippen molar-refractivity contribution in [3.63, 3.8) is 0 Å². The number of para-hydroxylation sites is 1. The van der Waals surface area contributed by atoms with E-state index in [1.54, 1.807) is 17.4 Å². The van der Waals surface area contributed by atoms with Crippen LogP contribution in [0.4, 0.5) is 0 Å². The Balaban J connectivity index is 1.86. The van der Waals surface area contributed by atoms with E-state index >= 15 is 0 Å². The molecule has 140 valence electrons. The van der Waals surface area contributed by atoms with Gasteiger partial charge < -0.3 is 15.4 Å². The van der Waals surface area contributed by atoms with Gasteiger partial charge in [-0.2, -0.15) is 0 Å². The highest BCUT2D eigenvalue weighted by molar-refractivity contribution is 7.09. The number of nitrogens with one attached hydrogen (secondary N) is 2. The van der Waals surface area contributed by atoms with Crippen LogP contribution in [-0.2, 0) is 13.0 Å². The second-order valence-corrected chi connectivity index (χ2v) is 6.76. The van der Waals surface area contributed by atoms with Gasteiger partial charge in [-0.1, -0.05) is 30.9 Å². The summed E-state index contributed by atoms with van der Waals surface area (Å²) in [7, 11) is 0. The molecule has 5 nitrogen and oxygen atoms in total. The molecule has 0 fully saturated rings. The minimum absolute atomic E-state index is 0.495. The summed E-state index contributed by atoms with van der Waals surface area (Å²) in [4.78, 5) is 9.17. The lowest BCUT2D eigenvalue weighted by Crippen LogP contribution is -2.37. The normalized spacial score (nSPS) is 11.2. The van der Waals surface area contributed by atoms with Crippen LogP contribution in [-0.4, -0.2) is 30.6 Å². The molecule has 2 aromatic rings. The highest BCUT2D eigenvalue weighted by Gasteiger charge is 2.04. The van der Waals surface area contributed by atoms with Crippen molar-refractivity contribution in [1.29, 1.82) is 0 Å².